The van der Waals surface area contributed by atoms with Crippen molar-refractivity contribution in [1.29, 1.82) is 0 Å². The van der Waals surface area contributed by atoms with Crippen molar-refractivity contribution in [2.75, 3.05) is 20.2 Å². The third kappa shape index (κ3) is 2.92. The van der Waals surface area contributed by atoms with Crippen LogP contribution in [0.4, 0.5) is 5.69 Å². The van der Waals surface area contributed by atoms with E-state index >= 15 is 0 Å². The lowest BCUT2D eigenvalue weighted by molar-refractivity contribution is -0.384. The van der Waals surface area contributed by atoms with Gasteiger partial charge in [-0.05, 0) is 6.07 Å². The Balaban J connectivity index is 3.10. The number of likely N-dealkylation sites (N-methyl/N-ethyl adjacent to an activating group) is 1. The minimum atomic E-state index is -0.648. The molecule has 1 amide bonds. The largest absolute Gasteiger partial charge is 0.395 e. The lowest BCUT2D eigenvalue weighted by Gasteiger charge is -2.16. The van der Waals surface area contributed by atoms with Crippen molar-refractivity contribution in [3.63, 3.8) is 0 Å². The first-order valence-electron chi connectivity index (χ1n) is 4.78. The van der Waals surface area contributed by atoms with Gasteiger partial charge in [0, 0.05) is 19.7 Å². The molecule has 0 spiro atoms. The van der Waals surface area contributed by atoms with E-state index in [1.165, 1.54) is 30.1 Å². The second-order valence-electron chi connectivity index (χ2n) is 3.35. The number of carbonyl (C=O) groups is 1. The second kappa shape index (κ2) is 5.60. The number of hydrogen-bond acceptors (Lipinski definition) is 4. The lowest BCUT2D eigenvalue weighted by Crippen LogP contribution is -2.29. The van der Waals surface area contributed by atoms with E-state index in [9.17, 15) is 14.9 Å². The molecular weight excluding hydrogens is 248 g/mol. The summed E-state index contributed by atoms with van der Waals surface area (Å²) < 4.78 is 0. The SMILES string of the molecule is CN(CCO)C(=O)c1cccc([N+](=O)[O-])c1Cl. The number of carbonyl (C=O) groups excluding carboxylic acids is 1. The maximum atomic E-state index is 11.8. The number of nitro groups is 1. The molecular formula is C10H11ClN2O4. The quantitative estimate of drug-likeness (QED) is 0.652. The number of hydrogen-bond donors (Lipinski definition) is 1. The smallest absolute Gasteiger partial charge is 0.288 e. The van der Waals surface area contributed by atoms with Crippen LogP contribution in [0.5, 0.6) is 0 Å². The Bertz CT molecular complexity index is 450. The molecule has 1 aromatic rings. The third-order valence-electron chi connectivity index (χ3n) is 2.19. The molecule has 0 unspecified atom stereocenters. The zero-order valence-corrected chi connectivity index (χ0v) is 9.85. The summed E-state index contributed by atoms with van der Waals surface area (Å²) in [5, 5.41) is 19.2. The second-order valence-corrected chi connectivity index (χ2v) is 3.72. The molecule has 0 heterocycles. The van der Waals surface area contributed by atoms with Gasteiger partial charge in [-0.1, -0.05) is 17.7 Å². The van der Waals surface area contributed by atoms with E-state index in [0.717, 1.165) is 0 Å². The Kier molecular flexibility index (Phi) is 4.42. The first-order chi connectivity index (χ1) is 7.99. The van der Waals surface area contributed by atoms with Crippen molar-refractivity contribution in [3.8, 4) is 0 Å². The molecule has 1 aromatic carbocycles. The predicted octanol–water partition coefficient (Wildman–Crippen LogP) is 1.31. The fourth-order valence-corrected chi connectivity index (χ4v) is 1.56. The average molecular weight is 259 g/mol. The number of nitrogens with zero attached hydrogens (tertiary/aromatic N) is 2. The number of amides is 1. The van der Waals surface area contributed by atoms with Crippen molar-refractivity contribution in [2.24, 2.45) is 0 Å². The molecule has 1 N–H and O–H groups in total. The van der Waals surface area contributed by atoms with E-state index in [4.69, 9.17) is 16.7 Å². The average Bonchev–Trinajstić information content (AvgIpc) is 2.28. The summed E-state index contributed by atoms with van der Waals surface area (Å²) in [5.41, 5.74) is -0.258. The highest BCUT2D eigenvalue weighted by Crippen LogP contribution is 2.28. The van der Waals surface area contributed by atoms with Gasteiger partial charge in [0.05, 0.1) is 17.1 Å². The summed E-state index contributed by atoms with van der Waals surface area (Å²) in [6.07, 6.45) is 0. The highest BCUT2D eigenvalue weighted by Gasteiger charge is 2.21. The van der Waals surface area contributed by atoms with Gasteiger partial charge in [-0.15, -0.1) is 0 Å². The molecule has 0 aliphatic rings. The van der Waals surface area contributed by atoms with Crippen LogP contribution in [0.25, 0.3) is 0 Å². The molecule has 0 aromatic heterocycles. The van der Waals surface area contributed by atoms with Gasteiger partial charge in [0.2, 0.25) is 0 Å². The van der Waals surface area contributed by atoms with Crippen LogP contribution in [0, 0.1) is 10.1 Å². The van der Waals surface area contributed by atoms with Crippen LogP contribution in [0.2, 0.25) is 5.02 Å². The maximum Gasteiger partial charge on any atom is 0.288 e. The summed E-state index contributed by atoms with van der Waals surface area (Å²) in [4.78, 5) is 23.1. The summed E-state index contributed by atoms with van der Waals surface area (Å²) in [6.45, 7) is -0.0490. The molecule has 17 heavy (non-hydrogen) atoms. The molecule has 0 radical (unpaired) electrons. The molecule has 0 saturated carbocycles. The number of nitro benzene ring substituents is 1. The maximum absolute atomic E-state index is 11.8. The number of benzene rings is 1. The topological polar surface area (TPSA) is 83.7 Å². The zero-order valence-electron chi connectivity index (χ0n) is 9.09. The van der Waals surface area contributed by atoms with E-state index in [-0.39, 0.29) is 29.4 Å². The molecule has 0 atom stereocenters. The number of aliphatic hydroxyl groups excluding tert-OH is 1. The first kappa shape index (κ1) is 13.4. The van der Waals surface area contributed by atoms with E-state index in [2.05, 4.69) is 0 Å². The molecule has 6 nitrogen and oxygen atoms in total. The molecule has 0 aliphatic carbocycles. The van der Waals surface area contributed by atoms with Crippen LogP contribution in [-0.4, -0.2) is 41.0 Å². The van der Waals surface area contributed by atoms with Gasteiger partial charge in [-0.25, -0.2) is 0 Å². The summed E-state index contributed by atoms with van der Waals surface area (Å²) in [5.74, 6) is -0.465. The van der Waals surface area contributed by atoms with Crippen LogP contribution in [0.15, 0.2) is 18.2 Å². The Labute approximate surface area is 103 Å². The highest BCUT2D eigenvalue weighted by molar-refractivity contribution is 6.35. The summed E-state index contributed by atoms with van der Waals surface area (Å²) >= 11 is 5.79. The fraction of sp³-hybridized carbons (Fsp3) is 0.300. The molecule has 1 rings (SSSR count). The van der Waals surface area contributed by atoms with Crippen LogP contribution in [-0.2, 0) is 0 Å². The fourth-order valence-electron chi connectivity index (χ4n) is 1.28. The Morgan fingerprint density at radius 1 is 1.59 bits per heavy atom. The van der Waals surface area contributed by atoms with Gasteiger partial charge < -0.3 is 10.0 Å². The minimum Gasteiger partial charge on any atom is -0.395 e. The highest BCUT2D eigenvalue weighted by atomic mass is 35.5. The van der Waals surface area contributed by atoms with E-state index < -0.39 is 10.8 Å². The standard InChI is InChI=1S/C10H11ClN2O4/c1-12(5-6-14)10(15)7-3-2-4-8(9(7)11)13(16)17/h2-4,14H,5-6H2,1H3. The van der Waals surface area contributed by atoms with Gasteiger partial charge in [-0.2, -0.15) is 0 Å². The lowest BCUT2D eigenvalue weighted by atomic mass is 10.1. The van der Waals surface area contributed by atoms with Gasteiger partial charge in [0.25, 0.3) is 11.6 Å². The van der Waals surface area contributed by atoms with Gasteiger partial charge >= 0.3 is 0 Å². The van der Waals surface area contributed by atoms with Crippen molar-refractivity contribution in [3.05, 3.63) is 38.9 Å². The van der Waals surface area contributed by atoms with Crippen LogP contribution >= 0.6 is 11.6 Å². The van der Waals surface area contributed by atoms with Crippen LogP contribution < -0.4 is 0 Å². The molecule has 92 valence electrons. The Morgan fingerprint density at radius 2 is 2.24 bits per heavy atom. The number of aliphatic hydroxyl groups is 1. The van der Waals surface area contributed by atoms with Crippen molar-refractivity contribution in [2.45, 2.75) is 0 Å². The van der Waals surface area contributed by atoms with Crippen LogP contribution in [0.1, 0.15) is 10.4 Å². The predicted molar refractivity (Wildman–Crippen MR) is 62.2 cm³/mol. The molecule has 0 aliphatic heterocycles. The Morgan fingerprint density at radius 3 is 2.76 bits per heavy atom. The van der Waals surface area contributed by atoms with E-state index in [1.54, 1.807) is 0 Å². The normalized spacial score (nSPS) is 10.1. The van der Waals surface area contributed by atoms with Crippen molar-refractivity contribution < 1.29 is 14.8 Å². The van der Waals surface area contributed by atoms with Crippen molar-refractivity contribution in [1.82, 2.24) is 4.90 Å². The summed E-state index contributed by atoms with van der Waals surface area (Å²) in [6, 6.07) is 4.03. The van der Waals surface area contributed by atoms with Gasteiger partial charge in [0.1, 0.15) is 5.02 Å². The molecule has 7 heteroatoms. The summed E-state index contributed by atoms with van der Waals surface area (Å²) in [7, 11) is 1.48. The van der Waals surface area contributed by atoms with Gasteiger partial charge in [0.15, 0.2) is 0 Å². The van der Waals surface area contributed by atoms with E-state index in [1.807, 2.05) is 0 Å². The minimum absolute atomic E-state index is 0.0526. The van der Waals surface area contributed by atoms with Crippen molar-refractivity contribution >= 4 is 23.2 Å². The van der Waals surface area contributed by atoms with Gasteiger partial charge in [-0.3, -0.25) is 14.9 Å². The third-order valence-corrected chi connectivity index (χ3v) is 2.58. The molecule has 0 bridgehead atoms. The van der Waals surface area contributed by atoms with E-state index in [0.29, 0.717) is 0 Å². The van der Waals surface area contributed by atoms with Crippen LogP contribution in [0.3, 0.4) is 0 Å². The zero-order chi connectivity index (χ0) is 13.0. The first-order valence-corrected chi connectivity index (χ1v) is 5.16. The molecule has 0 fully saturated rings. The Hall–Kier alpha value is -1.66. The molecule has 0 saturated heterocycles. The monoisotopic (exact) mass is 258 g/mol. The number of halogens is 1. The number of rotatable bonds is 4.